The number of nitrogens with one attached hydrogen (secondary N) is 1. The van der Waals surface area contributed by atoms with Crippen molar-refractivity contribution in [1.82, 2.24) is 5.32 Å². The predicted octanol–water partition coefficient (Wildman–Crippen LogP) is 2.85. The molecule has 4 heteroatoms. The van der Waals surface area contributed by atoms with Gasteiger partial charge in [-0.1, -0.05) is 13.3 Å². The summed E-state index contributed by atoms with van der Waals surface area (Å²) >= 11 is 5.59. The van der Waals surface area contributed by atoms with Crippen molar-refractivity contribution in [3.63, 3.8) is 0 Å². The van der Waals surface area contributed by atoms with E-state index < -0.39 is 0 Å². The second-order valence-electron chi connectivity index (χ2n) is 4.45. The van der Waals surface area contributed by atoms with Gasteiger partial charge in [-0.15, -0.1) is 0 Å². The minimum Gasteiger partial charge on any atom is -0.440 e. The Balaban J connectivity index is 1.87. The summed E-state index contributed by atoms with van der Waals surface area (Å²) in [6.07, 6.45) is 3.64. The summed E-state index contributed by atoms with van der Waals surface area (Å²) in [4.78, 5) is 11.6. The molecule has 1 aliphatic rings. The maximum Gasteiger partial charge on any atom is 0.287 e. The molecule has 0 atom stereocenters. The van der Waals surface area contributed by atoms with Gasteiger partial charge in [0, 0.05) is 6.54 Å². The van der Waals surface area contributed by atoms with E-state index in [1.807, 2.05) is 0 Å². The lowest BCUT2D eigenvalue weighted by Crippen LogP contribution is -2.39. The molecule has 1 aromatic rings. The Kier molecular flexibility index (Phi) is 2.74. The van der Waals surface area contributed by atoms with Gasteiger partial charge in [0.05, 0.1) is 0 Å². The standard InChI is InChI=1S/C11H14ClNO2/c1-11(5-2-6-11)7-13-10(14)8-3-4-9(12)15-8/h3-4H,2,5-7H2,1H3,(H,13,14). The number of carbonyl (C=O) groups is 1. The first-order chi connectivity index (χ1) is 7.09. The smallest absolute Gasteiger partial charge is 0.287 e. The largest absolute Gasteiger partial charge is 0.440 e. The Morgan fingerprint density at radius 2 is 2.33 bits per heavy atom. The zero-order valence-electron chi connectivity index (χ0n) is 8.68. The number of hydrogen-bond acceptors (Lipinski definition) is 2. The van der Waals surface area contributed by atoms with Crippen LogP contribution in [0.5, 0.6) is 0 Å². The summed E-state index contributed by atoms with van der Waals surface area (Å²) in [6, 6.07) is 3.16. The molecule has 1 aliphatic carbocycles. The van der Waals surface area contributed by atoms with Crippen LogP contribution in [0.1, 0.15) is 36.7 Å². The third-order valence-corrected chi connectivity index (χ3v) is 3.24. The summed E-state index contributed by atoms with van der Waals surface area (Å²) in [6.45, 7) is 2.90. The van der Waals surface area contributed by atoms with Gasteiger partial charge in [0.2, 0.25) is 0 Å². The first kappa shape index (κ1) is 10.6. The van der Waals surface area contributed by atoms with Crippen LogP contribution in [0.15, 0.2) is 16.5 Å². The third kappa shape index (κ3) is 2.34. The van der Waals surface area contributed by atoms with Gasteiger partial charge in [-0.2, -0.15) is 0 Å². The van der Waals surface area contributed by atoms with Gasteiger partial charge in [-0.05, 0) is 42.0 Å². The second kappa shape index (κ2) is 3.89. The molecule has 0 saturated heterocycles. The van der Waals surface area contributed by atoms with Crippen LogP contribution in [0.4, 0.5) is 0 Å². The SMILES string of the molecule is CC1(CNC(=O)c2ccc(Cl)o2)CCC1. The normalized spacial score (nSPS) is 18.3. The van der Waals surface area contributed by atoms with Crippen LogP contribution in [-0.4, -0.2) is 12.5 Å². The summed E-state index contributed by atoms with van der Waals surface area (Å²) < 4.78 is 5.02. The fraction of sp³-hybridized carbons (Fsp3) is 0.545. The fourth-order valence-electron chi connectivity index (χ4n) is 1.77. The molecule has 0 bridgehead atoms. The zero-order chi connectivity index (χ0) is 10.9. The van der Waals surface area contributed by atoms with E-state index in [1.54, 1.807) is 12.1 Å². The third-order valence-electron chi connectivity index (χ3n) is 3.03. The molecule has 0 aromatic carbocycles. The Morgan fingerprint density at radius 1 is 1.60 bits per heavy atom. The highest BCUT2D eigenvalue weighted by atomic mass is 35.5. The van der Waals surface area contributed by atoms with Gasteiger partial charge in [-0.25, -0.2) is 0 Å². The molecule has 0 aliphatic heterocycles. The van der Waals surface area contributed by atoms with E-state index in [-0.39, 0.29) is 22.3 Å². The van der Waals surface area contributed by atoms with Crippen LogP contribution in [0.2, 0.25) is 5.22 Å². The minimum absolute atomic E-state index is 0.185. The lowest BCUT2D eigenvalue weighted by atomic mass is 9.70. The Labute approximate surface area is 93.8 Å². The van der Waals surface area contributed by atoms with Crippen molar-refractivity contribution in [3.05, 3.63) is 23.1 Å². The van der Waals surface area contributed by atoms with E-state index in [0.29, 0.717) is 6.54 Å². The quantitative estimate of drug-likeness (QED) is 0.863. The molecule has 1 N–H and O–H groups in total. The first-order valence-corrected chi connectivity index (χ1v) is 5.50. The summed E-state index contributed by atoms with van der Waals surface area (Å²) in [7, 11) is 0. The van der Waals surface area contributed by atoms with Crippen molar-refractivity contribution in [2.45, 2.75) is 26.2 Å². The van der Waals surface area contributed by atoms with Crippen LogP contribution in [0, 0.1) is 5.41 Å². The Morgan fingerprint density at radius 3 is 2.80 bits per heavy atom. The summed E-state index contributed by atoms with van der Waals surface area (Å²) in [5.74, 6) is 0.0953. The highest BCUT2D eigenvalue weighted by Crippen LogP contribution is 2.39. The van der Waals surface area contributed by atoms with Gasteiger partial charge in [0.15, 0.2) is 11.0 Å². The number of carbonyl (C=O) groups excluding carboxylic acids is 1. The average Bonchev–Trinajstić information content (AvgIpc) is 2.58. The maximum atomic E-state index is 11.6. The number of halogens is 1. The lowest BCUT2D eigenvalue weighted by molar-refractivity contribution is 0.0864. The molecule has 1 heterocycles. The maximum absolute atomic E-state index is 11.6. The van der Waals surface area contributed by atoms with Crippen LogP contribution < -0.4 is 5.32 Å². The Bertz CT molecular complexity index is 368. The monoisotopic (exact) mass is 227 g/mol. The van der Waals surface area contributed by atoms with Crippen LogP contribution >= 0.6 is 11.6 Å². The molecule has 0 spiro atoms. The predicted molar refractivity (Wildman–Crippen MR) is 58.0 cm³/mol. The van der Waals surface area contributed by atoms with Crippen LogP contribution in [-0.2, 0) is 0 Å². The van der Waals surface area contributed by atoms with E-state index in [1.165, 1.54) is 19.3 Å². The molecule has 1 fully saturated rings. The van der Waals surface area contributed by atoms with Crippen molar-refractivity contribution >= 4 is 17.5 Å². The van der Waals surface area contributed by atoms with E-state index in [9.17, 15) is 4.79 Å². The molecule has 2 rings (SSSR count). The van der Waals surface area contributed by atoms with Gasteiger partial charge >= 0.3 is 0 Å². The molecule has 82 valence electrons. The van der Waals surface area contributed by atoms with Crippen LogP contribution in [0.3, 0.4) is 0 Å². The van der Waals surface area contributed by atoms with Gasteiger partial charge in [0.25, 0.3) is 5.91 Å². The fourth-order valence-corrected chi connectivity index (χ4v) is 1.92. The van der Waals surface area contributed by atoms with Crippen molar-refractivity contribution < 1.29 is 9.21 Å². The minimum atomic E-state index is -0.185. The zero-order valence-corrected chi connectivity index (χ0v) is 9.43. The van der Waals surface area contributed by atoms with Crippen molar-refractivity contribution in [2.75, 3.05) is 6.54 Å². The number of amides is 1. The highest BCUT2D eigenvalue weighted by Gasteiger charge is 2.32. The van der Waals surface area contributed by atoms with Gasteiger partial charge in [-0.3, -0.25) is 4.79 Å². The Hall–Kier alpha value is -0.960. The first-order valence-electron chi connectivity index (χ1n) is 5.13. The van der Waals surface area contributed by atoms with Crippen molar-refractivity contribution in [2.24, 2.45) is 5.41 Å². The molecular formula is C11H14ClNO2. The second-order valence-corrected chi connectivity index (χ2v) is 4.82. The van der Waals surface area contributed by atoms with E-state index >= 15 is 0 Å². The summed E-state index contributed by atoms with van der Waals surface area (Å²) in [5.41, 5.74) is 0.284. The molecule has 1 amide bonds. The van der Waals surface area contributed by atoms with Gasteiger partial charge in [0.1, 0.15) is 0 Å². The molecule has 15 heavy (non-hydrogen) atoms. The average molecular weight is 228 g/mol. The van der Waals surface area contributed by atoms with Crippen molar-refractivity contribution in [1.29, 1.82) is 0 Å². The molecule has 0 unspecified atom stereocenters. The molecule has 0 radical (unpaired) electrons. The number of rotatable bonds is 3. The molecule has 1 aromatic heterocycles. The molecule has 1 saturated carbocycles. The highest BCUT2D eigenvalue weighted by molar-refractivity contribution is 6.29. The van der Waals surface area contributed by atoms with E-state index in [0.717, 1.165) is 0 Å². The van der Waals surface area contributed by atoms with E-state index in [4.69, 9.17) is 16.0 Å². The molecular weight excluding hydrogens is 214 g/mol. The number of hydrogen-bond donors (Lipinski definition) is 1. The van der Waals surface area contributed by atoms with E-state index in [2.05, 4.69) is 12.2 Å². The van der Waals surface area contributed by atoms with Gasteiger partial charge < -0.3 is 9.73 Å². The number of furan rings is 1. The topological polar surface area (TPSA) is 42.2 Å². The molecule has 3 nitrogen and oxygen atoms in total. The summed E-state index contributed by atoms with van der Waals surface area (Å²) in [5, 5.41) is 3.11. The van der Waals surface area contributed by atoms with Crippen molar-refractivity contribution in [3.8, 4) is 0 Å². The lowest BCUT2D eigenvalue weighted by Gasteiger charge is -2.38. The van der Waals surface area contributed by atoms with Crippen LogP contribution in [0.25, 0.3) is 0 Å².